The number of anilines is 1. The normalized spacial score (nSPS) is 15.4. The van der Waals surface area contributed by atoms with Gasteiger partial charge in [-0.05, 0) is 34.1 Å². The van der Waals surface area contributed by atoms with Crippen molar-refractivity contribution < 1.29 is 17.9 Å². The van der Waals surface area contributed by atoms with Crippen molar-refractivity contribution in [3.63, 3.8) is 0 Å². The number of alkyl halides is 3. The summed E-state index contributed by atoms with van der Waals surface area (Å²) in [6.07, 6.45) is -4.69. The van der Waals surface area contributed by atoms with Crippen LogP contribution in [0.4, 0.5) is 18.9 Å². The second kappa shape index (κ2) is 5.40. The molecule has 0 saturated carbocycles. The number of hydrogen-bond donors (Lipinski definition) is 1. The van der Waals surface area contributed by atoms with E-state index in [4.69, 9.17) is 0 Å². The van der Waals surface area contributed by atoms with Gasteiger partial charge in [0.2, 0.25) is 0 Å². The Balaban J connectivity index is 2.09. The van der Waals surface area contributed by atoms with Gasteiger partial charge in [0.25, 0.3) is 0 Å². The van der Waals surface area contributed by atoms with E-state index in [-0.39, 0.29) is 10.2 Å². The highest BCUT2D eigenvalue weighted by atomic mass is 79.9. The van der Waals surface area contributed by atoms with Crippen molar-refractivity contribution in [2.45, 2.75) is 6.36 Å². The monoisotopic (exact) mass is 340 g/mol. The Hall–Kier alpha value is -0.890. The van der Waals surface area contributed by atoms with E-state index in [1.54, 1.807) is 11.8 Å². The molecule has 0 amide bonds. The molecule has 1 aromatic rings. The molecule has 1 aliphatic rings. The van der Waals surface area contributed by atoms with E-state index >= 15 is 0 Å². The third kappa shape index (κ3) is 3.81. The second-order valence-electron chi connectivity index (χ2n) is 3.35. The van der Waals surface area contributed by atoms with E-state index in [9.17, 15) is 13.2 Å². The van der Waals surface area contributed by atoms with Crippen molar-refractivity contribution in [3.8, 4) is 5.75 Å². The molecule has 0 aromatic heterocycles. The van der Waals surface area contributed by atoms with Gasteiger partial charge in [-0.15, -0.1) is 13.2 Å². The van der Waals surface area contributed by atoms with Gasteiger partial charge in [-0.1, -0.05) is 11.8 Å². The third-order valence-electron chi connectivity index (χ3n) is 1.99. The average Bonchev–Trinajstić information content (AvgIpc) is 2.73. The van der Waals surface area contributed by atoms with Crippen LogP contribution in [0.3, 0.4) is 0 Å². The van der Waals surface area contributed by atoms with Gasteiger partial charge >= 0.3 is 6.36 Å². The van der Waals surface area contributed by atoms with Crippen LogP contribution in [0.1, 0.15) is 0 Å². The van der Waals surface area contributed by atoms with E-state index in [1.165, 1.54) is 18.2 Å². The summed E-state index contributed by atoms with van der Waals surface area (Å²) in [5.74, 6) is 0.646. The van der Waals surface area contributed by atoms with Gasteiger partial charge < -0.3 is 10.1 Å². The number of hydrogen-bond acceptors (Lipinski definition) is 4. The molecule has 0 bridgehead atoms. The summed E-state index contributed by atoms with van der Waals surface area (Å²) in [6, 6.07) is 4.27. The van der Waals surface area contributed by atoms with Crippen LogP contribution in [-0.4, -0.2) is 23.8 Å². The Morgan fingerprint density at radius 3 is 2.72 bits per heavy atom. The summed E-state index contributed by atoms with van der Waals surface area (Å²) in [7, 11) is 0. The number of nitrogens with one attached hydrogen (secondary N) is 1. The molecule has 3 nitrogen and oxygen atoms in total. The minimum Gasteiger partial charge on any atom is -0.405 e. The molecule has 0 atom stereocenters. The highest BCUT2D eigenvalue weighted by Gasteiger charge is 2.31. The van der Waals surface area contributed by atoms with Crippen LogP contribution in [0, 0.1) is 0 Å². The maximum Gasteiger partial charge on any atom is 0.573 e. The summed E-state index contributed by atoms with van der Waals surface area (Å²) < 4.78 is 40.3. The summed E-state index contributed by atoms with van der Waals surface area (Å²) in [6.45, 7) is 0.753. The van der Waals surface area contributed by atoms with Gasteiger partial charge in [0.1, 0.15) is 5.75 Å². The summed E-state index contributed by atoms with van der Waals surface area (Å²) >= 11 is 4.61. The van der Waals surface area contributed by atoms with Crippen molar-refractivity contribution in [1.82, 2.24) is 0 Å². The van der Waals surface area contributed by atoms with E-state index in [1.807, 2.05) is 0 Å². The number of thioether (sulfide) groups is 1. The maximum atomic E-state index is 12.1. The van der Waals surface area contributed by atoms with Crippen molar-refractivity contribution in [3.05, 3.63) is 22.7 Å². The van der Waals surface area contributed by atoms with Gasteiger partial charge in [-0.3, -0.25) is 4.99 Å². The van der Waals surface area contributed by atoms with Gasteiger partial charge in [-0.2, -0.15) is 0 Å². The molecule has 1 aliphatic heterocycles. The number of halogens is 4. The molecule has 1 aromatic carbocycles. The SMILES string of the molecule is FC(F)(F)Oc1ccc(NC2=NCCS2)cc1Br. The standard InChI is InChI=1S/C10H8BrF3N2OS/c11-7-5-6(16-9-15-3-4-18-9)1-2-8(7)17-10(12,13)14/h1-2,5H,3-4H2,(H,15,16). The van der Waals surface area contributed by atoms with Crippen molar-refractivity contribution in [2.24, 2.45) is 4.99 Å². The fourth-order valence-corrected chi connectivity index (χ4v) is 2.53. The van der Waals surface area contributed by atoms with Crippen LogP contribution < -0.4 is 10.1 Å². The Bertz CT molecular complexity index is 479. The number of ether oxygens (including phenoxy) is 1. The van der Waals surface area contributed by atoms with Gasteiger partial charge in [0.05, 0.1) is 11.0 Å². The summed E-state index contributed by atoms with van der Waals surface area (Å²) in [5, 5.41) is 3.79. The molecule has 2 rings (SSSR count). The molecule has 0 aliphatic carbocycles. The van der Waals surface area contributed by atoms with Crippen LogP contribution >= 0.6 is 27.7 Å². The minimum atomic E-state index is -4.69. The van der Waals surface area contributed by atoms with Gasteiger partial charge in [-0.25, -0.2) is 0 Å². The lowest BCUT2D eigenvalue weighted by atomic mass is 10.3. The van der Waals surface area contributed by atoms with Gasteiger partial charge in [0, 0.05) is 11.4 Å². The molecule has 18 heavy (non-hydrogen) atoms. The lowest BCUT2D eigenvalue weighted by molar-refractivity contribution is -0.274. The van der Waals surface area contributed by atoms with E-state index in [0.29, 0.717) is 5.69 Å². The first-order chi connectivity index (χ1) is 8.44. The average molecular weight is 341 g/mol. The predicted octanol–water partition coefficient (Wildman–Crippen LogP) is 3.86. The van der Waals surface area contributed by atoms with E-state index in [0.717, 1.165) is 17.5 Å². The van der Waals surface area contributed by atoms with Gasteiger partial charge in [0.15, 0.2) is 5.17 Å². The molecule has 1 N–H and O–H groups in total. The van der Waals surface area contributed by atoms with Crippen LogP contribution in [0.15, 0.2) is 27.7 Å². The number of rotatable bonds is 2. The van der Waals surface area contributed by atoms with E-state index < -0.39 is 6.36 Å². The zero-order valence-electron chi connectivity index (χ0n) is 8.92. The molecule has 0 spiro atoms. The first-order valence-electron chi connectivity index (χ1n) is 4.93. The number of aliphatic imine (C=N–C) groups is 1. The molecule has 0 unspecified atom stereocenters. The Morgan fingerprint density at radius 2 is 2.17 bits per heavy atom. The first-order valence-corrected chi connectivity index (χ1v) is 6.71. The highest BCUT2D eigenvalue weighted by Crippen LogP contribution is 2.32. The molecule has 98 valence electrons. The van der Waals surface area contributed by atoms with Crippen LogP contribution in [0.25, 0.3) is 0 Å². The van der Waals surface area contributed by atoms with Crippen molar-refractivity contribution in [1.29, 1.82) is 0 Å². The van der Waals surface area contributed by atoms with Crippen LogP contribution in [-0.2, 0) is 0 Å². The Morgan fingerprint density at radius 1 is 1.39 bits per heavy atom. The molecular weight excluding hydrogens is 333 g/mol. The zero-order valence-corrected chi connectivity index (χ0v) is 11.3. The number of nitrogens with zero attached hydrogens (tertiary/aromatic N) is 1. The largest absolute Gasteiger partial charge is 0.573 e. The van der Waals surface area contributed by atoms with Crippen LogP contribution in [0.5, 0.6) is 5.75 Å². The molecular formula is C10H8BrF3N2OS. The number of benzene rings is 1. The lowest BCUT2D eigenvalue weighted by Crippen LogP contribution is -2.17. The minimum absolute atomic E-state index is 0.230. The Kier molecular flexibility index (Phi) is 4.06. The molecule has 0 fully saturated rings. The lowest BCUT2D eigenvalue weighted by Gasteiger charge is -2.12. The van der Waals surface area contributed by atoms with Crippen LogP contribution in [0.2, 0.25) is 0 Å². The quantitative estimate of drug-likeness (QED) is 0.887. The summed E-state index contributed by atoms with van der Waals surface area (Å²) in [5.41, 5.74) is 0.657. The molecule has 1 heterocycles. The molecule has 0 radical (unpaired) electrons. The smallest absolute Gasteiger partial charge is 0.405 e. The second-order valence-corrected chi connectivity index (χ2v) is 5.29. The third-order valence-corrected chi connectivity index (χ3v) is 3.51. The fraction of sp³-hybridized carbons (Fsp3) is 0.300. The maximum absolute atomic E-state index is 12.1. The predicted molar refractivity (Wildman–Crippen MR) is 69.2 cm³/mol. The molecule has 8 heteroatoms. The van der Waals surface area contributed by atoms with Crippen molar-refractivity contribution in [2.75, 3.05) is 17.6 Å². The molecule has 0 saturated heterocycles. The summed E-state index contributed by atoms with van der Waals surface area (Å²) in [4.78, 5) is 4.18. The first kappa shape index (κ1) is 13.5. The topological polar surface area (TPSA) is 33.6 Å². The highest BCUT2D eigenvalue weighted by molar-refractivity contribution is 9.10. The zero-order chi connectivity index (χ0) is 13.2. The van der Waals surface area contributed by atoms with E-state index in [2.05, 4.69) is 31.0 Å². The fourth-order valence-electron chi connectivity index (χ4n) is 1.32. The Labute approximate surface area is 114 Å². The van der Waals surface area contributed by atoms with Crippen molar-refractivity contribution >= 4 is 38.5 Å². The number of amidine groups is 1.